The molecule has 0 spiro atoms. The molecule has 0 saturated carbocycles. The van der Waals surface area contributed by atoms with Crippen molar-refractivity contribution in [2.45, 2.75) is 31.3 Å². The van der Waals surface area contributed by atoms with Crippen molar-refractivity contribution in [2.24, 2.45) is 5.84 Å². The van der Waals surface area contributed by atoms with Crippen molar-refractivity contribution in [3.63, 3.8) is 0 Å². The summed E-state index contributed by atoms with van der Waals surface area (Å²) >= 11 is 0. The van der Waals surface area contributed by atoms with Crippen LogP contribution in [0.4, 0.5) is 0 Å². The SMILES string of the molecule is NN[C@@H](Cc1ccccc1)C(=O)N1CCC[C@H]1C(=O)O. The molecule has 6 heteroatoms. The highest BCUT2D eigenvalue weighted by atomic mass is 16.4. The maximum absolute atomic E-state index is 12.4. The lowest BCUT2D eigenvalue weighted by atomic mass is 10.0. The fourth-order valence-electron chi connectivity index (χ4n) is 2.55. The molecule has 2 rings (SSSR count). The summed E-state index contributed by atoms with van der Waals surface area (Å²) in [6.07, 6.45) is 1.66. The summed E-state index contributed by atoms with van der Waals surface area (Å²) < 4.78 is 0. The van der Waals surface area contributed by atoms with Crippen LogP contribution in [0, 0.1) is 0 Å². The van der Waals surface area contributed by atoms with Gasteiger partial charge in [-0.05, 0) is 24.8 Å². The summed E-state index contributed by atoms with van der Waals surface area (Å²) in [4.78, 5) is 25.0. The molecule has 0 aromatic heterocycles. The maximum Gasteiger partial charge on any atom is 0.326 e. The van der Waals surface area contributed by atoms with Crippen molar-refractivity contribution in [1.82, 2.24) is 10.3 Å². The average molecular weight is 277 g/mol. The fraction of sp³-hybridized carbons (Fsp3) is 0.429. The van der Waals surface area contributed by atoms with E-state index in [9.17, 15) is 9.59 Å². The van der Waals surface area contributed by atoms with Crippen LogP contribution in [0.2, 0.25) is 0 Å². The van der Waals surface area contributed by atoms with Gasteiger partial charge in [0.15, 0.2) is 0 Å². The van der Waals surface area contributed by atoms with Crippen molar-refractivity contribution in [1.29, 1.82) is 0 Å². The number of nitrogens with zero attached hydrogens (tertiary/aromatic N) is 1. The quantitative estimate of drug-likeness (QED) is 0.525. The molecule has 0 unspecified atom stereocenters. The van der Waals surface area contributed by atoms with E-state index in [1.807, 2.05) is 30.3 Å². The van der Waals surface area contributed by atoms with Crippen molar-refractivity contribution in [3.05, 3.63) is 35.9 Å². The number of rotatable bonds is 5. The Balaban J connectivity index is 2.07. The Hall–Kier alpha value is -1.92. The highest BCUT2D eigenvalue weighted by Gasteiger charge is 2.36. The number of carbonyl (C=O) groups excluding carboxylic acids is 1. The number of hydrogen-bond acceptors (Lipinski definition) is 4. The standard InChI is InChI=1S/C14H19N3O3/c15-16-11(9-10-5-2-1-3-6-10)13(18)17-8-4-7-12(17)14(19)20/h1-3,5-6,11-12,16H,4,7-9,15H2,(H,19,20)/t11-,12-/m0/s1. The van der Waals surface area contributed by atoms with E-state index in [-0.39, 0.29) is 5.91 Å². The van der Waals surface area contributed by atoms with Gasteiger partial charge in [0.1, 0.15) is 12.1 Å². The summed E-state index contributed by atoms with van der Waals surface area (Å²) in [6.45, 7) is 0.475. The number of likely N-dealkylation sites (tertiary alicyclic amines) is 1. The zero-order valence-corrected chi connectivity index (χ0v) is 11.2. The number of carboxylic acids is 1. The molecule has 1 amide bonds. The maximum atomic E-state index is 12.4. The van der Waals surface area contributed by atoms with Crippen LogP contribution in [0.25, 0.3) is 0 Å². The van der Waals surface area contributed by atoms with E-state index in [1.165, 1.54) is 4.90 Å². The van der Waals surface area contributed by atoms with Crippen LogP contribution < -0.4 is 11.3 Å². The van der Waals surface area contributed by atoms with Crippen molar-refractivity contribution in [2.75, 3.05) is 6.54 Å². The Labute approximate surface area is 117 Å². The van der Waals surface area contributed by atoms with Gasteiger partial charge in [0.05, 0.1) is 0 Å². The average Bonchev–Trinajstić information content (AvgIpc) is 2.94. The van der Waals surface area contributed by atoms with Crippen molar-refractivity contribution >= 4 is 11.9 Å². The van der Waals surface area contributed by atoms with Gasteiger partial charge >= 0.3 is 5.97 Å². The second-order valence-electron chi connectivity index (χ2n) is 4.94. The Bertz CT molecular complexity index is 478. The second kappa shape index (κ2) is 6.49. The molecule has 0 radical (unpaired) electrons. The second-order valence-corrected chi connectivity index (χ2v) is 4.94. The van der Waals surface area contributed by atoms with E-state index >= 15 is 0 Å². The Morgan fingerprint density at radius 1 is 1.40 bits per heavy atom. The Morgan fingerprint density at radius 3 is 2.70 bits per heavy atom. The van der Waals surface area contributed by atoms with Crippen molar-refractivity contribution in [3.8, 4) is 0 Å². The van der Waals surface area contributed by atoms with Crippen LogP contribution in [-0.4, -0.2) is 40.5 Å². The number of carboxylic acid groups (broad SMARTS) is 1. The molecule has 1 saturated heterocycles. The smallest absolute Gasteiger partial charge is 0.326 e. The molecule has 0 aliphatic carbocycles. The van der Waals surface area contributed by atoms with Gasteiger partial charge in [-0.1, -0.05) is 30.3 Å². The molecule has 1 fully saturated rings. The summed E-state index contributed by atoms with van der Waals surface area (Å²) in [5.41, 5.74) is 3.48. The minimum atomic E-state index is -0.952. The first kappa shape index (κ1) is 14.5. The third kappa shape index (κ3) is 3.15. The van der Waals surface area contributed by atoms with Gasteiger partial charge in [0, 0.05) is 6.54 Å². The Morgan fingerprint density at radius 2 is 2.10 bits per heavy atom. The Kier molecular flexibility index (Phi) is 4.70. The van der Waals surface area contributed by atoms with Gasteiger partial charge in [-0.15, -0.1) is 0 Å². The van der Waals surface area contributed by atoms with Gasteiger partial charge in [-0.3, -0.25) is 10.6 Å². The van der Waals surface area contributed by atoms with E-state index in [1.54, 1.807) is 0 Å². The predicted octanol–water partition coefficient (Wildman–Crippen LogP) is 0.137. The monoisotopic (exact) mass is 277 g/mol. The summed E-state index contributed by atoms with van der Waals surface area (Å²) in [7, 11) is 0. The number of nitrogens with two attached hydrogens (primary N) is 1. The zero-order valence-electron chi connectivity index (χ0n) is 11.2. The van der Waals surface area contributed by atoms with Crippen molar-refractivity contribution < 1.29 is 14.7 Å². The lowest BCUT2D eigenvalue weighted by Crippen LogP contribution is -2.53. The van der Waals surface area contributed by atoms with Crippen LogP contribution in [0.15, 0.2) is 30.3 Å². The molecule has 1 aromatic carbocycles. The fourth-order valence-corrected chi connectivity index (χ4v) is 2.55. The number of carbonyl (C=O) groups is 2. The summed E-state index contributed by atoms with van der Waals surface area (Å²) in [5, 5.41) is 9.13. The van der Waals surface area contributed by atoms with Crippen LogP contribution >= 0.6 is 0 Å². The van der Waals surface area contributed by atoms with Gasteiger partial charge in [0.2, 0.25) is 5.91 Å². The minimum Gasteiger partial charge on any atom is -0.480 e. The molecule has 0 bridgehead atoms. The third-order valence-electron chi connectivity index (χ3n) is 3.60. The van der Waals surface area contributed by atoms with Gasteiger partial charge in [0.25, 0.3) is 0 Å². The first-order valence-corrected chi connectivity index (χ1v) is 6.67. The molecule has 1 aliphatic rings. The van der Waals surface area contributed by atoms with Gasteiger partial charge in [-0.25, -0.2) is 10.2 Å². The number of hydrazine groups is 1. The molecule has 1 heterocycles. The molecule has 2 atom stereocenters. The summed E-state index contributed by atoms with van der Waals surface area (Å²) in [5.74, 6) is 4.26. The molecule has 4 N–H and O–H groups in total. The lowest BCUT2D eigenvalue weighted by Gasteiger charge is -2.26. The topological polar surface area (TPSA) is 95.7 Å². The minimum absolute atomic E-state index is 0.249. The molecule has 20 heavy (non-hydrogen) atoms. The van der Waals surface area contributed by atoms with Gasteiger partial charge in [-0.2, -0.15) is 0 Å². The highest BCUT2D eigenvalue weighted by molar-refractivity contribution is 5.87. The zero-order chi connectivity index (χ0) is 14.5. The highest BCUT2D eigenvalue weighted by Crippen LogP contribution is 2.19. The normalized spacial score (nSPS) is 19.9. The van der Waals surface area contributed by atoms with Crippen LogP contribution in [0.1, 0.15) is 18.4 Å². The number of hydrogen-bond donors (Lipinski definition) is 3. The largest absolute Gasteiger partial charge is 0.480 e. The van der Waals surface area contributed by atoms with Crippen LogP contribution in [-0.2, 0) is 16.0 Å². The van der Waals surface area contributed by atoms with E-state index in [2.05, 4.69) is 5.43 Å². The van der Waals surface area contributed by atoms with E-state index in [0.717, 1.165) is 5.56 Å². The molecule has 108 valence electrons. The number of benzene rings is 1. The molecular formula is C14H19N3O3. The summed E-state index contributed by atoms with van der Waals surface area (Å²) in [6, 6.07) is 8.18. The number of nitrogens with one attached hydrogen (secondary N) is 1. The molecule has 1 aliphatic heterocycles. The van der Waals surface area contributed by atoms with Crippen LogP contribution in [0.3, 0.4) is 0 Å². The third-order valence-corrected chi connectivity index (χ3v) is 3.60. The molecule has 6 nitrogen and oxygen atoms in total. The van der Waals surface area contributed by atoms with Gasteiger partial charge < -0.3 is 10.0 Å². The number of amides is 1. The van der Waals surface area contributed by atoms with Crippen LogP contribution in [0.5, 0.6) is 0 Å². The first-order chi connectivity index (χ1) is 9.63. The van der Waals surface area contributed by atoms with E-state index in [4.69, 9.17) is 10.9 Å². The number of aliphatic carboxylic acids is 1. The van der Waals surface area contributed by atoms with E-state index < -0.39 is 18.1 Å². The predicted molar refractivity (Wildman–Crippen MR) is 73.6 cm³/mol. The van der Waals surface area contributed by atoms with E-state index in [0.29, 0.717) is 25.8 Å². The molecular weight excluding hydrogens is 258 g/mol. The lowest BCUT2D eigenvalue weighted by molar-refractivity contribution is -0.149. The first-order valence-electron chi connectivity index (χ1n) is 6.67. The molecule has 1 aromatic rings.